The maximum Gasteiger partial charge on any atom is 0.435 e. The monoisotopic (exact) mass is 696 g/mol. The summed E-state index contributed by atoms with van der Waals surface area (Å²) in [4.78, 5) is 59.9. The zero-order chi connectivity index (χ0) is 36.1. The van der Waals surface area contributed by atoms with E-state index in [2.05, 4.69) is 19.9 Å². The average Bonchev–Trinajstić information content (AvgIpc) is 3.36. The molecule has 1 fully saturated rings. The lowest BCUT2D eigenvalue weighted by Gasteiger charge is -2.19. The largest absolute Gasteiger partial charge is 0.481 e. The molecule has 49 heavy (non-hydrogen) atoms. The molecule has 3 amide bonds. The second-order valence-electron chi connectivity index (χ2n) is 10.0. The summed E-state index contributed by atoms with van der Waals surface area (Å²) in [5, 5.41) is 10.5. The van der Waals surface area contributed by atoms with Crippen LogP contribution >= 0.6 is 0 Å². The van der Waals surface area contributed by atoms with Gasteiger partial charge in [-0.15, -0.1) is 0 Å². The summed E-state index contributed by atoms with van der Waals surface area (Å²) < 4.78 is 106. The molecule has 0 radical (unpaired) electrons. The summed E-state index contributed by atoms with van der Waals surface area (Å²) in [6.07, 6.45) is -6.96. The van der Waals surface area contributed by atoms with Crippen LogP contribution in [-0.4, -0.2) is 48.7 Å². The number of carboxylic acids is 1. The first kappa shape index (κ1) is 36.0. The van der Waals surface area contributed by atoms with Crippen LogP contribution in [0.1, 0.15) is 37.1 Å². The molecule has 1 aliphatic rings. The van der Waals surface area contributed by atoms with Crippen molar-refractivity contribution in [3.05, 3.63) is 84.2 Å². The van der Waals surface area contributed by atoms with Crippen LogP contribution in [0, 0.1) is 11.6 Å². The van der Waals surface area contributed by atoms with Gasteiger partial charge in [-0.2, -0.15) is 26.3 Å². The van der Waals surface area contributed by atoms with Crippen molar-refractivity contribution < 1.29 is 59.4 Å². The Labute approximate surface area is 269 Å². The van der Waals surface area contributed by atoms with Crippen molar-refractivity contribution in [3.8, 4) is 22.5 Å². The van der Waals surface area contributed by atoms with E-state index in [1.165, 1.54) is 12.1 Å². The van der Waals surface area contributed by atoms with E-state index in [0.717, 1.165) is 49.1 Å². The number of anilines is 2. The molecule has 4 aromatic heterocycles. The Balaban J connectivity index is 0.000000221. The predicted octanol–water partition coefficient (Wildman–Crippen LogP) is 6.06. The number of alkyl halides is 6. The molecule has 4 aromatic rings. The lowest BCUT2D eigenvalue weighted by Crippen LogP contribution is -2.31. The fourth-order valence-electron chi connectivity index (χ4n) is 4.32. The summed E-state index contributed by atoms with van der Waals surface area (Å²) in [6.45, 7) is 0. The van der Waals surface area contributed by atoms with Gasteiger partial charge in [0.2, 0.25) is 17.7 Å². The van der Waals surface area contributed by atoms with E-state index < -0.39 is 83.3 Å². The van der Waals surface area contributed by atoms with Gasteiger partial charge < -0.3 is 10.4 Å². The third-order valence-electron chi connectivity index (χ3n) is 6.44. The molecule has 2 N–H and O–H groups in total. The number of aromatic nitrogens is 4. The lowest BCUT2D eigenvalue weighted by molar-refractivity contribution is -0.141. The van der Waals surface area contributed by atoms with E-state index in [-0.39, 0.29) is 35.4 Å². The third kappa shape index (κ3) is 9.14. The Kier molecular flexibility index (Phi) is 10.6. The van der Waals surface area contributed by atoms with Crippen LogP contribution in [0.15, 0.2) is 61.2 Å². The third-order valence-corrected chi connectivity index (χ3v) is 6.44. The second kappa shape index (κ2) is 14.5. The average molecular weight is 697 g/mol. The number of hydrogen-bond donors (Lipinski definition) is 2. The quantitative estimate of drug-likeness (QED) is 0.173. The minimum atomic E-state index is -4.89. The van der Waals surface area contributed by atoms with E-state index in [0.29, 0.717) is 4.90 Å². The van der Waals surface area contributed by atoms with Crippen molar-refractivity contribution in [2.24, 2.45) is 0 Å². The molecule has 0 saturated carbocycles. The number of imide groups is 1. The van der Waals surface area contributed by atoms with E-state index in [1.807, 2.05) is 5.32 Å². The van der Waals surface area contributed by atoms with Crippen molar-refractivity contribution in [2.45, 2.75) is 38.0 Å². The second-order valence-corrected chi connectivity index (χ2v) is 10.0. The standard InChI is InChI=1S/C15H11F4N3O3.C15H9F4N3O2/c16-9-5-8(6-20-7-9)10-1-2-11(14(22-10)15(17,18)19)21-12(23)3-4-13(24)25;16-9-5-8(6-20-7-9)10-1-2-11(14(21-10)15(17,18)19)22-12(23)3-4-13(22)24/h1-2,5-7H,3-4H2,(H,21,23)(H,24,25);1-2,5-7H,3-4H2. The van der Waals surface area contributed by atoms with Crippen molar-refractivity contribution in [3.63, 3.8) is 0 Å². The van der Waals surface area contributed by atoms with Gasteiger partial charge in [0.1, 0.15) is 11.6 Å². The predicted molar refractivity (Wildman–Crippen MR) is 152 cm³/mol. The zero-order valence-electron chi connectivity index (χ0n) is 24.4. The zero-order valence-corrected chi connectivity index (χ0v) is 24.4. The normalized spacial score (nSPS) is 13.2. The molecule has 0 aliphatic carbocycles. The molecule has 5 heterocycles. The van der Waals surface area contributed by atoms with Crippen LogP contribution in [0.5, 0.6) is 0 Å². The van der Waals surface area contributed by atoms with E-state index >= 15 is 0 Å². The molecule has 0 atom stereocenters. The Hall–Kier alpha value is -5.88. The highest BCUT2D eigenvalue weighted by Gasteiger charge is 2.42. The number of amides is 3. The highest BCUT2D eigenvalue weighted by molar-refractivity contribution is 6.20. The highest BCUT2D eigenvalue weighted by atomic mass is 19.4. The first-order valence-electron chi connectivity index (χ1n) is 13.7. The minimum Gasteiger partial charge on any atom is -0.481 e. The summed E-state index contributed by atoms with van der Waals surface area (Å²) >= 11 is 0. The SMILES string of the molecule is O=C(O)CCC(=O)Nc1ccc(-c2cncc(F)c2)nc1C(F)(F)F.O=C1CCC(=O)N1c1ccc(-c2cncc(F)c2)nc1C(F)(F)F. The van der Waals surface area contributed by atoms with E-state index in [1.54, 1.807) is 0 Å². The Morgan fingerprint density at radius 1 is 0.735 bits per heavy atom. The van der Waals surface area contributed by atoms with Crippen molar-refractivity contribution in [1.82, 2.24) is 19.9 Å². The summed E-state index contributed by atoms with van der Waals surface area (Å²) in [5.74, 6) is -5.04. The van der Waals surface area contributed by atoms with Gasteiger partial charge >= 0.3 is 18.3 Å². The molecule has 5 rings (SSSR count). The fraction of sp³-hybridized carbons (Fsp3) is 0.200. The Bertz CT molecular complexity index is 1900. The summed E-state index contributed by atoms with van der Waals surface area (Å²) in [7, 11) is 0. The number of nitrogens with zero attached hydrogens (tertiary/aromatic N) is 5. The Morgan fingerprint density at radius 3 is 1.69 bits per heavy atom. The van der Waals surface area contributed by atoms with Crippen LogP contribution in [0.25, 0.3) is 22.5 Å². The van der Waals surface area contributed by atoms with Crippen LogP contribution in [0.4, 0.5) is 46.5 Å². The minimum absolute atomic E-state index is 0.0363. The van der Waals surface area contributed by atoms with Gasteiger partial charge in [-0.1, -0.05) is 0 Å². The number of hydrogen-bond acceptors (Lipinski definition) is 8. The first-order chi connectivity index (χ1) is 22.9. The van der Waals surface area contributed by atoms with Crippen LogP contribution in [0.3, 0.4) is 0 Å². The van der Waals surface area contributed by atoms with Gasteiger partial charge in [0.25, 0.3) is 0 Å². The van der Waals surface area contributed by atoms with Gasteiger partial charge in [0.05, 0.1) is 41.6 Å². The molecule has 0 aromatic carbocycles. The number of carbonyl (C=O) groups excluding carboxylic acids is 3. The Morgan fingerprint density at radius 2 is 1.22 bits per heavy atom. The molecular formula is C30H20F8N6O5. The number of carbonyl (C=O) groups is 4. The molecule has 0 unspecified atom stereocenters. The number of carboxylic acid groups (broad SMARTS) is 1. The lowest BCUT2D eigenvalue weighted by atomic mass is 10.1. The summed E-state index contributed by atoms with van der Waals surface area (Å²) in [6, 6.07) is 6.26. The van der Waals surface area contributed by atoms with E-state index in [4.69, 9.17) is 5.11 Å². The number of rotatable bonds is 7. The summed E-state index contributed by atoms with van der Waals surface area (Å²) in [5.41, 5.74) is -4.26. The number of pyridine rings is 4. The maximum atomic E-state index is 13.3. The van der Waals surface area contributed by atoms with Gasteiger partial charge in [-0.3, -0.25) is 29.1 Å². The van der Waals surface area contributed by atoms with Crippen LogP contribution in [0.2, 0.25) is 0 Å². The van der Waals surface area contributed by atoms with E-state index in [9.17, 15) is 54.3 Å². The van der Waals surface area contributed by atoms with Crippen molar-refractivity contribution in [2.75, 3.05) is 10.2 Å². The fourth-order valence-corrected chi connectivity index (χ4v) is 4.32. The van der Waals surface area contributed by atoms with Crippen molar-refractivity contribution in [1.29, 1.82) is 0 Å². The first-order valence-corrected chi connectivity index (χ1v) is 13.7. The molecule has 19 heteroatoms. The highest BCUT2D eigenvalue weighted by Crippen LogP contribution is 2.39. The molecule has 0 spiro atoms. The molecule has 256 valence electrons. The molecule has 11 nitrogen and oxygen atoms in total. The maximum absolute atomic E-state index is 13.3. The molecule has 0 bridgehead atoms. The number of halogens is 8. The van der Waals surface area contributed by atoms with Gasteiger partial charge in [0, 0.05) is 42.8 Å². The van der Waals surface area contributed by atoms with Crippen LogP contribution in [-0.2, 0) is 31.5 Å². The molecule has 1 aliphatic heterocycles. The molecule has 1 saturated heterocycles. The van der Waals surface area contributed by atoms with Gasteiger partial charge in [-0.05, 0) is 36.4 Å². The van der Waals surface area contributed by atoms with Crippen molar-refractivity contribution >= 4 is 35.1 Å². The number of nitrogens with one attached hydrogen (secondary N) is 1. The number of aliphatic carboxylic acids is 1. The van der Waals surface area contributed by atoms with Crippen LogP contribution < -0.4 is 10.2 Å². The topological polar surface area (TPSA) is 155 Å². The van der Waals surface area contributed by atoms with Gasteiger partial charge in [-0.25, -0.2) is 23.6 Å². The smallest absolute Gasteiger partial charge is 0.435 e. The van der Waals surface area contributed by atoms with Gasteiger partial charge in [0.15, 0.2) is 11.4 Å². The molecular weight excluding hydrogens is 676 g/mol.